The van der Waals surface area contributed by atoms with Crippen molar-refractivity contribution in [2.24, 2.45) is 0 Å². The number of aromatic nitrogens is 1. The largest absolute Gasteiger partial charge is 0.290 e. The highest BCUT2D eigenvalue weighted by Crippen LogP contribution is 2.18. The molecule has 18 heavy (non-hydrogen) atoms. The molecule has 1 aliphatic rings. The summed E-state index contributed by atoms with van der Waals surface area (Å²) in [6.07, 6.45) is 10.6. The van der Waals surface area contributed by atoms with Crippen molar-refractivity contribution in [1.82, 2.24) is 9.88 Å². The average molecular weight is 241 g/mol. The van der Waals surface area contributed by atoms with Crippen LogP contribution in [0.5, 0.6) is 0 Å². The van der Waals surface area contributed by atoms with E-state index in [2.05, 4.69) is 28.1 Å². The lowest BCUT2D eigenvalue weighted by molar-refractivity contribution is 0.207. The second kappa shape index (κ2) is 6.93. The van der Waals surface area contributed by atoms with Crippen LogP contribution in [-0.2, 0) is 6.54 Å². The third kappa shape index (κ3) is 3.68. The summed E-state index contributed by atoms with van der Waals surface area (Å²) in [5, 5.41) is 8.77. The van der Waals surface area contributed by atoms with Crippen LogP contribution in [0.15, 0.2) is 36.5 Å². The van der Waals surface area contributed by atoms with E-state index in [9.17, 15) is 0 Å². The molecule has 0 aromatic carbocycles. The van der Waals surface area contributed by atoms with E-state index in [4.69, 9.17) is 5.26 Å². The molecule has 0 fully saturated rings. The third-order valence-corrected chi connectivity index (χ3v) is 3.30. The highest BCUT2D eigenvalue weighted by Gasteiger charge is 2.17. The molecule has 3 nitrogen and oxygen atoms in total. The van der Waals surface area contributed by atoms with Gasteiger partial charge in [0.15, 0.2) is 0 Å². The summed E-state index contributed by atoms with van der Waals surface area (Å²) in [5.41, 5.74) is 1.08. The highest BCUT2D eigenvalue weighted by molar-refractivity contribution is 5.06. The van der Waals surface area contributed by atoms with Gasteiger partial charge in [-0.1, -0.05) is 18.2 Å². The fourth-order valence-corrected chi connectivity index (χ4v) is 2.35. The van der Waals surface area contributed by atoms with Gasteiger partial charge < -0.3 is 0 Å². The first-order chi connectivity index (χ1) is 8.90. The molecule has 1 aromatic heterocycles. The maximum Gasteiger partial charge on any atom is 0.0635 e. The summed E-state index contributed by atoms with van der Waals surface area (Å²) in [4.78, 5) is 6.74. The van der Waals surface area contributed by atoms with Crippen molar-refractivity contribution >= 4 is 0 Å². The standard InChI is InChI=1S/C15H19N3/c16-10-6-12-18(15-8-2-1-3-9-15)13-14-7-4-5-11-17-14/h2,4-5,7-8,11,15H,1,3,6,9,12-13H2/t15-/m1/s1. The van der Waals surface area contributed by atoms with Crippen molar-refractivity contribution in [3.8, 4) is 6.07 Å². The van der Waals surface area contributed by atoms with E-state index in [1.165, 1.54) is 19.3 Å². The Kier molecular flexibility index (Phi) is 4.92. The number of allylic oxidation sites excluding steroid dienone is 1. The van der Waals surface area contributed by atoms with E-state index < -0.39 is 0 Å². The van der Waals surface area contributed by atoms with Crippen LogP contribution in [0.25, 0.3) is 0 Å². The number of pyridine rings is 1. The Hall–Kier alpha value is -1.66. The lowest BCUT2D eigenvalue weighted by Gasteiger charge is -2.30. The van der Waals surface area contributed by atoms with Crippen LogP contribution < -0.4 is 0 Å². The molecule has 1 aromatic rings. The average Bonchev–Trinajstić information content (AvgIpc) is 2.45. The van der Waals surface area contributed by atoms with Gasteiger partial charge in [0.05, 0.1) is 11.8 Å². The molecule has 0 spiro atoms. The van der Waals surface area contributed by atoms with Gasteiger partial charge in [-0.2, -0.15) is 5.26 Å². The van der Waals surface area contributed by atoms with Crippen molar-refractivity contribution in [1.29, 1.82) is 5.26 Å². The molecular weight excluding hydrogens is 222 g/mol. The second-order valence-corrected chi connectivity index (χ2v) is 4.63. The lowest BCUT2D eigenvalue weighted by atomic mass is 10.0. The van der Waals surface area contributed by atoms with Gasteiger partial charge in [-0.25, -0.2) is 0 Å². The van der Waals surface area contributed by atoms with Crippen molar-refractivity contribution in [3.05, 3.63) is 42.2 Å². The number of hydrogen-bond donors (Lipinski definition) is 0. The maximum atomic E-state index is 8.77. The van der Waals surface area contributed by atoms with E-state index in [1.54, 1.807) is 0 Å². The van der Waals surface area contributed by atoms with Crippen molar-refractivity contribution in [3.63, 3.8) is 0 Å². The quantitative estimate of drug-likeness (QED) is 0.744. The predicted molar refractivity (Wildman–Crippen MR) is 71.7 cm³/mol. The van der Waals surface area contributed by atoms with E-state index in [1.807, 2.05) is 24.4 Å². The summed E-state index contributed by atoms with van der Waals surface area (Å²) in [6, 6.07) is 8.70. The van der Waals surface area contributed by atoms with Gasteiger partial charge in [-0.3, -0.25) is 9.88 Å². The van der Waals surface area contributed by atoms with Gasteiger partial charge in [0, 0.05) is 31.7 Å². The Morgan fingerprint density at radius 1 is 1.44 bits per heavy atom. The number of rotatable bonds is 5. The summed E-state index contributed by atoms with van der Waals surface area (Å²) in [7, 11) is 0. The molecule has 0 aliphatic heterocycles. The van der Waals surface area contributed by atoms with Crippen LogP contribution in [0.2, 0.25) is 0 Å². The summed E-state index contributed by atoms with van der Waals surface area (Å²) in [5.74, 6) is 0. The highest BCUT2D eigenvalue weighted by atomic mass is 15.2. The normalized spacial score (nSPS) is 18.8. The van der Waals surface area contributed by atoms with E-state index >= 15 is 0 Å². The molecule has 94 valence electrons. The Labute approximate surface area is 109 Å². The molecule has 0 saturated carbocycles. The summed E-state index contributed by atoms with van der Waals surface area (Å²) in [6.45, 7) is 1.65. The fraction of sp³-hybridized carbons (Fsp3) is 0.467. The zero-order valence-electron chi connectivity index (χ0n) is 10.6. The van der Waals surface area contributed by atoms with Crippen molar-refractivity contribution in [2.75, 3.05) is 6.54 Å². The van der Waals surface area contributed by atoms with Crippen molar-refractivity contribution < 1.29 is 0 Å². The lowest BCUT2D eigenvalue weighted by Crippen LogP contribution is -2.35. The zero-order chi connectivity index (χ0) is 12.6. The molecule has 0 saturated heterocycles. The smallest absolute Gasteiger partial charge is 0.0635 e. The molecule has 0 radical (unpaired) electrons. The van der Waals surface area contributed by atoms with E-state index in [0.717, 1.165) is 18.8 Å². The molecule has 1 heterocycles. The Morgan fingerprint density at radius 2 is 2.39 bits per heavy atom. The van der Waals surface area contributed by atoms with Gasteiger partial charge >= 0.3 is 0 Å². The molecule has 1 atom stereocenters. The predicted octanol–water partition coefficient (Wildman–Crippen LogP) is 2.91. The van der Waals surface area contributed by atoms with Crippen LogP contribution in [0, 0.1) is 11.3 Å². The SMILES string of the molecule is N#CCCN(Cc1ccccn1)[C@@H]1C=CCCC1. The summed E-state index contributed by atoms with van der Waals surface area (Å²) < 4.78 is 0. The van der Waals surface area contributed by atoms with Crippen LogP contribution in [0.1, 0.15) is 31.4 Å². The topological polar surface area (TPSA) is 39.9 Å². The van der Waals surface area contributed by atoms with Gasteiger partial charge in [-0.05, 0) is 31.4 Å². The zero-order valence-corrected chi connectivity index (χ0v) is 10.6. The molecule has 0 bridgehead atoms. The van der Waals surface area contributed by atoms with Crippen LogP contribution in [0.3, 0.4) is 0 Å². The molecule has 0 amide bonds. The number of nitrogens with zero attached hydrogens (tertiary/aromatic N) is 3. The van der Waals surface area contributed by atoms with Crippen LogP contribution in [-0.4, -0.2) is 22.5 Å². The van der Waals surface area contributed by atoms with Gasteiger partial charge in [0.1, 0.15) is 0 Å². The number of nitriles is 1. The molecule has 0 unspecified atom stereocenters. The minimum absolute atomic E-state index is 0.467. The van der Waals surface area contributed by atoms with Gasteiger partial charge in [-0.15, -0.1) is 0 Å². The van der Waals surface area contributed by atoms with E-state index in [-0.39, 0.29) is 0 Å². The maximum absolute atomic E-state index is 8.77. The molecule has 0 N–H and O–H groups in total. The van der Waals surface area contributed by atoms with Crippen molar-refractivity contribution in [2.45, 2.75) is 38.3 Å². The first-order valence-electron chi connectivity index (χ1n) is 6.58. The molecule has 1 aliphatic carbocycles. The first-order valence-corrected chi connectivity index (χ1v) is 6.58. The van der Waals surface area contributed by atoms with Gasteiger partial charge in [0.25, 0.3) is 0 Å². The first kappa shape index (κ1) is 12.8. The van der Waals surface area contributed by atoms with E-state index in [0.29, 0.717) is 12.5 Å². The molecule has 2 rings (SSSR count). The van der Waals surface area contributed by atoms with Crippen LogP contribution >= 0.6 is 0 Å². The Bertz CT molecular complexity index is 419. The second-order valence-electron chi connectivity index (χ2n) is 4.63. The Morgan fingerprint density at radius 3 is 3.06 bits per heavy atom. The number of hydrogen-bond acceptors (Lipinski definition) is 3. The minimum atomic E-state index is 0.467. The fourth-order valence-electron chi connectivity index (χ4n) is 2.35. The molecule has 3 heteroatoms. The summed E-state index contributed by atoms with van der Waals surface area (Å²) >= 11 is 0. The minimum Gasteiger partial charge on any atom is -0.290 e. The van der Waals surface area contributed by atoms with Crippen LogP contribution in [0.4, 0.5) is 0 Å². The monoisotopic (exact) mass is 241 g/mol. The Balaban J connectivity index is 2.02. The third-order valence-electron chi connectivity index (χ3n) is 3.30. The molecular formula is C15H19N3. The van der Waals surface area contributed by atoms with Gasteiger partial charge in [0.2, 0.25) is 0 Å².